The largest absolute Gasteiger partial charge is 0.508 e. The van der Waals surface area contributed by atoms with Crippen LogP contribution in [0.1, 0.15) is 127 Å². The van der Waals surface area contributed by atoms with Crippen LogP contribution >= 0.6 is 11.8 Å². The number of H-pyrrole nitrogens is 3. The minimum absolute atomic E-state index is 0.00274. The van der Waals surface area contributed by atoms with E-state index in [0.717, 1.165) is 36.3 Å². The zero-order valence-electron chi connectivity index (χ0n) is 73.3. The molecule has 702 valence electrons. The highest BCUT2D eigenvalue weighted by atomic mass is 32.2. The summed E-state index contributed by atoms with van der Waals surface area (Å²) in [6.45, 7) is 3.61. The first-order chi connectivity index (χ1) is 61.9. The van der Waals surface area contributed by atoms with Crippen LogP contribution in [0.15, 0.2) is 97.7 Å². The highest BCUT2D eigenvalue weighted by Gasteiger charge is 2.47. The molecule has 0 spiro atoms. The molecule has 20 N–H and O–H groups in total. The number of para-hydroxylation sites is 2. The number of likely N-dealkylation sites (N-methyl/N-ethyl adjacent to an activating group) is 3. The van der Waals surface area contributed by atoms with Crippen molar-refractivity contribution in [1.29, 1.82) is 0 Å². The van der Waals surface area contributed by atoms with Gasteiger partial charge in [-0.25, -0.2) is 4.98 Å². The predicted molar refractivity (Wildman–Crippen MR) is 470 cm³/mol. The van der Waals surface area contributed by atoms with E-state index in [1.54, 1.807) is 60.9 Å². The van der Waals surface area contributed by atoms with E-state index in [1.807, 2.05) is 13.8 Å². The number of thioether (sulfide) groups is 1. The number of carbonyl (C=O) groups is 18. The van der Waals surface area contributed by atoms with Gasteiger partial charge in [-0.3, -0.25) is 86.3 Å². The molecule has 130 heavy (non-hydrogen) atoms. The number of carbonyl (C=O) groups excluding carboxylic acids is 17. The van der Waals surface area contributed by atoms with Gasteiger partial charge in [-0.05, 0) is 86.9 Å². The molecule has 42 nitrogen and oxygen atoms in total. The molecule has 0 radical (unpaired) electrons. The molecule has 16 amide bonds. The van der Waals surface area contributed by atoms with E-state index in [4.69, 9.17) is 11.5 Å². The number of hydrogen-bond donors (Lipinski definition) is 18. The topological polar surface area (TPSA) is 625 Å². The number of primary amides is 2. The van der Waals surface area contributed by atoms with Crippen LogP contribution in [0.3, 0.4) is 0 Å². The number of hydrogen-bond acceptors (Lipinski definition) is 23. The Hall–Kier alpha value is -13.3. The lowest BCUT2D eigenvalue weighted by atomic mass is 9.90. The van der Waals surface area contributed by atoms with Crippen molar-refractivity contribution in [2.24, 2.45) is 17.4 Å². The van der Waals surface area contributed by atoms with E-state index in [1.165, 1.54) is 71.8 Å². The number of aromatic amines is 3. The van der Waals surface area contributed by atoms with Gasteiger partial charge in [0.05, 0.1) is 50.2 Å². The lowest BCUT2D eigenvalue weighted by Gasteiger charge is -2.36. The molecule has 43 heteroatoms. The molecular formula is C87H116N20O22S. The van der Waals surface area contributed by atoms with Gasteiger partial charge >= 0.3 is 5.97 Å². The Morgan fingerprint density at radius 3 is 1.75 bits per heavy atom. The summed E-state index contributed by atoms with van der Waals surface area (Å²) in [7, 11) is 3.87. The number of unbranched alkanes of at least 4 members (excludes halogenated alkanes) is 2. The molecule has 0 aliphatic carbocycles. The van der Waals surface area contributed by atoms with Crippen LogP contribution in [0.4, 0.5) is 0 Å². The molecule has 0 saturated carbocycles. The average Bonchev–Trinajstić information content (AvgIpc) is 1.63. The number of nitrogens with zero attached hydrogens (tertiary/aromatic N) is 6. The second-order valence-electron chi connectivity index (χ2n) is 32.9. The number of aliphatic hydroxyl groups excluding tert-OH is 2. The predicted octanol–water partition coefficient (Wildman–Crippen LogP) is -2.65. The SMILES string of the molecule is CCCC[C@H]1C(=O)N(C)[C@@H](CCCC)C(=O)N[C@@H](C)C(=O)N[C@H](C(=O)NCC(N)=O)CSCC(=O)N[C@@H](Cc2ccc(O)cc2)C(=O)N(C)[C@@H](C)C(=O)N[C@@H](CC(N)=O)C(=O)N2CCC[C@H]2C(=O)N[C@@H](Cc2cnc[nH]2)C(=O)N[C@@H](CC(=O)O)C(=O)N2C[C@H](O)CC2C(=O)C[C@@H](Cc2c[nH]c3ccccc23)C(=O)N[C@@H](CO)C(=O)N[C@@H](Cc2c[nH]c3ccccc23)C(=O)N1C. The summed E-state index contributed by atoms with van der Waals surface area (Å²) >= 11 is 0.767. The Kier molecular flexibility index (Phi) is 36.4. The summed E-state index contributed by atoms with van der Waals surface area (Å²) in [6, 6.07) is -1.45. The first-order valence-electron chi connectivity index (χ1n) is 43.0. The van der Waals surface area contributed by atoms with Gasteiger partial charge < -0.3 is 119 Å². The minimum atomic E-state index is -2.05. The van der Waals surface area contributed by atoms with Crippen molar-refractivity contribution in [2.75, 3.05) is 58.9 Å². The summed E-state index contributed by atoms with van der Waals surface area (Å²) in [6.07, 6.45) is 1.56. The average molecular weight is 1830 g/mol. The summed E-state index contributed by atoms with van der Waals surface area (Å²) in [5.74, 6) is -20.9. The van der Waals surface area contributed by atoms with E-state index in [0.29, 0.717) is 64.2 Å². The van der Waals surface area contributed by atoms with Crippen molar-refractivity contribution in [3.8, 4) is 5.75 Å². The van der Waals surface area contributed by atoms with Crippen LogP contribution in [-0.4, -0.2) is 315 Å². The summed E-state index contributed by atoms with van der Waals surface area (Å²) in [4.78, 5) is 278. The molecule has 0 bridgehead atoms. The number of rotatable bonds is 22. The van der Waals surface area contributed by atoms with Gasteiger partial charge in [-0.1, -0.05) is 88.1 Å². The number of aromatic nitrogens is 4. The second kappa shape index (κ2) is 47.1. The molecule has 1 unspecified atom stereocenters. The Balaban J connectivity index is 1.08. The number of nitrogens with one attached hydrogen (secondary N) is 12. The molecule has 6 heterocycles. The van der Waals surface area contributed by atoms with Crippen LogP contribution in [0, 0.1) is 5.92 Å². The van der Waals surface area contributed by atoms with Crippen LogP contribution in [0.25, 0.3) is 21.8 Å². The van der Waals surface area contributed by atoms with Gasteiger partial charge in [-0.15, -0.1) is 11.8 Å². The van der Waals surface area contributed by atoms with Gasteiger partial charge in [0, 0.05) is 124 Å². The number of benzene rings is 3. The quantitative estimate of drug-likeness (QED) is 0.0330. The van der Waals surface area contributed by atoms with Crippen molar-refractivity contribution >= 4 is 140 Å². The molecule has 3 aromatic heterocycles. The number of Topliss-reactive ketones (excluding diaryl/α,β-unsaturated/α-hetero) is 1. The lowest BCUT2D eigenvalue weighted by Crippen LogP contribution is -2.60. The third-order valence-electron chi connectivity index (χ3n) is 23.4. The van der Waals surface area contributed by atoms with Gasteiger partial charge in [0.25, 0.3) is 0 Å². The highest BCUT2D eigenvalue weighted by Crippen LogP contribution is 2.30. The molecule has 3 saturated heterocycles. The van der Waals surface area contributed by atoms with Gasteiger partial charge in [0.1, 0.15) is 78.3 Å². The zero-order chi connectivity index (χ0) is 94.9. The standard InChI is InChI=1S/C87H116N20O22S/c1-8-10-21-66-81(123)95-46(3)75(117)102-65(78(120)93-40-72(89)113)43-130-44-73(114)96-60(29-48-24-26-53(109)27-25-48)83(125)103(5)47(4)76(118)98-62(35-71(88)112)85(127)106-28-16-23-67(106)82(124)97-59(33-52-39-90-45-94-52)79(121)100-63(36-74(115)116)86(128)107-41-54(110)34-69(107)70(111)32-49(30-50-37-91-57-19-14-12-17-55(50)57)77(119)101-64(42-108)80(122)99-61(31-51-38-92-58-20-15-13-18-56(51)58)84(126)105(7)68(22-11-9-2)87(129)104(66)6/h12-15,17-20,24-27,37-39,45-47,49,54,59-69,91-92,108-110H,8-11,16,21-23,28-36,40-44H2,1-7H3,(H2,88,112)(H2,89,113)(H,90,94)(H,93,120)(H,95,123)(H,96,114)(H,97,124)(H,98,118)(H,99,122)(H,100,121)(H,101,119)(H,102,117)(H,115,116)/t46-,47-,49+,54+,59-,60-,61-,62-,63-,64-,65-,66-,67-,68-,69?/m0/s1. The summed E-state index contributed by atoms with van der Waals surface area (Å²) < 4.78 is 0. The van der Waals surface area contributed by atoms with E-state index in [-0.39, 0.29) is 62.9 Å². The smallest absolute Gasteiger partial charge is 0.305 e. The van der Waals surface area contributed by atoms with Gasteiger partial charge in [-0.2, -0.15) is 0 Å². The molecule has 15 atom stereocenters. The number of phenols is 1. The first kappa shape index (κ1) is 100. The van der Waals surface area contributed by atoms with Crippen LogP contribution in [0.5, 0.6) is 5.75 Å². The lowest BCUT2D eigenvalue weighted by molar-refractivity contribution is -0.149. The number of carboxylic acid groups (broad SMARTS) is 1. The fraction of sp³-hybridized carbons (Fsp3) is 0.506. The number of imidazole rings is 1. The van der Waals surface area contributed by atoms with Crippen molar-refractivity contribution in [2.45, 2.75) is 215 Å². The Labute approximate surface area is 752 Å². The number of nitrogens with two attached hydrogens (primary N) is 2. The molecule has 3 aliphatic heterocycles. The number of carboxylic acids is 1. The zero-order valence-corrected chi connectivity index (χ0v) is 74.2. The maximum atomic E-state index is 15.6. The van der Waals surface area contributed by atoms with Crippen LogP contribution in [-0.2, 0) is 112 Å². The van der Waals surface area contributed by atoms with E-state index < -0.39 is 260 Å². The highest BCUT2D eigenvalue weighted by molar-refractivity contribution is 8.00. The third-order valence-corrected chi connectivity index (χ3v) is 24.5. The monoisotopic (exact) mass is 1820 g/mol. The van der Waals surface area contributed by atoms with Crippen molar-refractivity contribution < 1.29 is 107 Å². The number of aromatic hydroxyl groups is 1. The van der Waals surface area contributed by atoms with E-state index in [2.05, 4.69) is 67.8 Å². The van der Waals surface area contributed by atoms with Crippen molar-refractivity contribution in [1.82, 2.24) is 92.3 Å². The summed E-state index contributed by atoms with van der Waals surface area (Å²) in [5, 5.41) is 67.2. The fourth-order valence-corrected chi connectivity index (χ4v) is 16.9. The van der Waals surface area contributed by atoms with E-state index >= 15 is 28.8 Å². The van der Waals surface area contributed by atoms with Crippen LogP contribution in [0.2, 0.25) is 0 Å². The number of ketones is 1. The molecular weight excluding hydrogens is 1710 g/mol. The first-order valence-corrected chi connectivity index (χ1v) is 44.2. The maximum absolute atomic E-state index is 15.6. The number of phenolic OH excluding ortho intramolecular Hbond substituents is 1. The van der Waals surface area contributed by atoms with Crippen LogP contribution < -0.4 is 59.3 Å². The Morgan fingerprint density at radius 2 is 1.13 bits per heavy atom. The van der Waals surface area contributed by atoms with E-state index in [9.17, 15) is 78.0 Å². The number of aliphatic carboxylic acids is 1. The Bertz CT molecular complexity index is 5100. The molecule has 3 aliphatic rings. The van der Waals surface area contributed by atoms with Crippen molar-refractivity contribution in [3.05, 3.63) is 120 Å². The Morgan fingerprint density at radius 1 is 0.562 bits per heavy atom. The normalized spacial score (nSPS) is 25.3. The third kappa shape index (κ3) is 26.9. The van der Waals surface area contributed by atoms with Gasteiger partial charge in [0.2, 0.25) is 94.5 Å². The number of amides is 16. The molecule has 3 aromatic carbocycles. The fourth-order valence-electron chi connectivity index (χ4n) is 16.1. The van der Waals surface area contributed by atoms with Gasteiger partial charge in [0.15, 0.2) is 5.78 Å². The molecule has 6 aromatic rings. The number of aliphatic hydroxyl groups is 2. The molecule has 3 fully saturated rings. The van der Waals surface area contributed by atoms with Crippen molar-refractivity contribution in [3.63, 3.8) is 0 Å². The minimum Gasteiger partial charge on any atom is -0.508 e. The molecule has 9 rings (SSSR count). The summed E-state index contributed by atoms with van der Waals surface area (Å²) in [5.41, 5.74) is 13.9. The number of fused-ring (bicyclic) bond motifs is 4. The maximum Gasteiger partial charge on any atom is 0.305 e. The second-order valence-corrected chi connectivity index (χ2v) is 34.0.